The zero-order valence-electron chi connectivity index (χ0n) is 15.3. The molecule has 6 nitrogen and oxygen atoms in total. The molecular formula is C19H23ClN4O2. The van der Waals surface area contributed by atoms with Crippen LogP contribution in [0.4, 0.5) is 0 Å². The number of rotatable bonds is 2. The highest BCUT2D eigenvalue weighted by molar-refractivity contribution is 6.30. The molecule has 1 saturated heterocycles. The van der Waals surface area contributed by atoms with Crippen molar-refractivity contribution in [3.63, 3.8) is 0 Å². The summed E-state index contributed by atoms with van der Waals surface area (Å²) < 4.78 is 0. The van der Waals surface area contributed by atoms with E-state index in [9.17, 15) is 9.59 Å². The van der Waals surface area contributed by atoms with Crippen molar-refractivity contribution in [1.82, 2.24) is 20.0 Å². The van der Waals surface area contributed by atoms with Gasteiger partial charge < -0.3 is 9.80 Å². The molecule has 0 bridgehead atoms. The molecule has 1 aliphatic heterocycles. The maximum Gasteiger partial charge on any atom is 0.272 e. The maximum atomic E-state index is 12.7. The Hall–Kier alpha value is -2.34. The first-order valence-electron chi connectivity index (χ1n) is 8.66. The number of carbonyl (C=O) groups is 2. The Kier molecular flexibility index (Phi) is 5.05. The van der Waals surface area contributed by atoms with Gasteiger partial charge in [-0.05, 0) is 18.2 Å². The number of amides is 2. The number of piperazine rings is 1. The van der Waals surface area contributed by atoms with E-state index in [-0.39, 0.29) is 11.8 Å². The number of nitrogens with one attached hydrogen (secondary N) is 1. The first-order chi connectivity index (χ1) is 12.3. The first-order valence-corrected chi connectivity index (χ1v) is 9.03. The zero-order valence-corrected chi connectivity index (χ0v) is 16.0. The summed E-state index contributed by atoms with van der Waals surface area (Å²) in [5.74, 6) is 0.0248. The van der Waals surface area contributed by atoms with E-state index in [1.807, 2.05) is 37.8 Å². The average Bonchev–Trinajstić information content (AvgIpc) is 3.10. The van der Waals surface area contributed by atoms with E-state index in [1.54, 1.807) is 23.1 Å². The minimum Gasteiger partial charge on any atom is -0.339 e. The number of carbonyl (C=O) groups excluding carboxylic acids is 2. The minimum atomic E-state index is -0.400. The molecule has 1 aromatic heterocycles. The van der Waals surface area contributed by atoms with Crippen LogP contribution in [0.25, 0.3) is 11.3 Å². The Balaban J connectivity index is 1.64. The largest absolute Gasteiger partial charge is 0.339 e. The Bertz CT molecular complexity index is 800. The summed E-state index contributed by atoms with van der Waals surface area (Å²) >= 11 is 5.90. The molecule has 2 amide bonds. The fourth-order valence-corrected chi connectivity index (χ4v) is 3.08. The lowest BCUT2D eigenvalue weighted by atomic mass is 9.94. The van der Waals surface area contributed by atoms with Gasteiger partial charge in [-0.25, -0.2) is 0 Å². The highest BCUT2D eigenvalue weighted by atomic mass is 35.5. The number of aromatic nitrogens is 2. The fraction of sp³-hybridized carbons (Fsp3) is 0.421. The van der Waals surface area contributed by atoms with E-state index in [2.05, 4.69) is 10.2 Å². The molecule has 1 aromatic carbocycles. The maximum absolute atomic E-state index is 12.7. The topological polar surface area (TPSA) is 69.3 Å². The molecule has 1 fully saturated rings. The van der Waals surface area contributed by atoms with Crippen LogP contribution >= 0.6 is 11.6 Å². The van der Waals surface area contributed by atoms with Crippen LogP contribution < -0.4 is 0 Å². The molecule has 2 aromatic rings. The first kappa shape index (κ1) is 18.5. The number of benzene rings is 1. The lowest BCUT2D eigenvalue weighted by Crippen LogP contribution is -2.53. The number of hydrogen-bond acceptors (Lipinski definition) is 3. The lowest BCUT2D eigenvalue weighted by molar-refractivity contribution is -0.140. The standard InChI is InChI=1S/C19H23ClN4O2/c1-19(2,3)18(26)24-10-8-23(9-11-24)17(25)16-12-15(21-22-16)13-4-6-14(20)7-5-13/h4-7,12H,8-11H2,1-3H3,(H,21,22). The van der Waals surface area contributed by atoms with E-state index >= 15 is 0 Å². The summed E-state index contributed by atoms with van der Waals surface area (Å²) in [6.45, 7) is 7.90. The summed E-state index contributed by atoms with van der Waals surface area (Å²) in [4.78, 5) is 28.6. The highest BCUT2D eigenvalue weighted by Gasteiger charge is 2.31. The van der Waals surface area contributed by atoms with Gasteiger partial charge >= 0.3 is 0 Å². The van der Waals surface area contributed by atoms with Crippen LogP contribution in [0.15, 0.2) is 30.3 Å². The van der Waals surface area contributed by atoms with Crippen LogP contribution in [-0.4, -0.2) is 58.0 Å². The predicted octanol–water partition coefficient (Wildman–Crippen LogP) is 3.06. The second-order valence-corrected chi connectivity index (χ2v) is 7.94. The number of aromatic amines is 1. The molecular weight excluding hydrogens is 352 g/mol. The predicted molar refractivity (Wildman–Crippen MR) is 101 cm³/mol. The van der Waals surface area contributed by atoms with E-state index in [1.165, 1.54) is 0 Å². The summed E-state index contributed by atoms with van der Waals surface area (Å²) in [5, 5.41) is 7.70. The quantitative estimate of drug-likeness (QED) is 0.878. The van der Waals surface area contributed by atoms with E-state index in [0.717, 1.165) is 5.56 Å². The van der Waals surface area contributed by atoms with Crippen molar-refractivity contribution >= 4 is 23.4 Å². The molecule has 1 aliphatic rings. The Labute approximate surface area is 158 Å². The van der Waals surface area contributed by atoms with Crippen LogP contribution in [0.3, 0.4) is 0 Å². The van der Waals surface area contributed by atoms with Crippen LogP contribution in [0.2, 0.25) is 5.02 Å². The smallest absolute Gasteiger partial charge is 0.272 e. The third kappa shape index (κ3) is 3.90. The van der Waals surface area contributed by atoms with Crippen molar-refractivity contribution in [3.8, 4) is 11.3 Å². The van der Waals surface area contributed by atoms with Crippen molar-refractivity contribution in [2.75, 3.05) is 26.2 Å². The van der Waals surface area contributed by atoms with E-state index in [0.29, 0.717) is 42.6 Å². The summed E-state index contributed by atoms with van der Waals surface area (Å²) in [7, 11) is 0. The molecule has 138 valence electrons. The molecule has 2 heterocycles. The van der Waals surface area contributed by atoms with Gasteiger partial charge in [0.25, 0.3) is 5.91 Å². The van der Waals surface area contributed by atoms with Gasteiger partial charge in [-0.15, -0.1) is 0 Å². The zero-order chi connectivity index (χ0) is 18.9. The third-order valence-corrected chi connectivity index (χ3v) is 4.70. The van der Waals surface area contributed by atoms with Gasteiger partial charge in [0.2, 0.25) is 5.91 Å². The molecule has 0 aliphatic carbocycles. The van der Waals surface area contributed by atoms with Crippen molar-refractivity contribution in [3.05, 3.63) is 41.0 Å². The Morgan fingerprint density at radius 1 is 1.04 bits per heavy atom. The molecule has 0 unspecified atom stereocenters. The molecule has 0 saturated carbocycles. The van der Waals surface area contributed by atoms with Crippen molar-refractivity contribution < 1.29 is 9.59 Å². The Morgan fingerprint density at radius 2 is 1.62 bits per heavy atom. The van der Waals surface area contributed by atoms with E-state index < -0.39 is 5.41 Å². The summed E-state index contributed by atoms with van der Waals surface area (Å²) in [5.41, 5.74) is 1.64. The van der Waals surface area contributed by atoms with Crippen molar-refractivity contribution in [2.24, 2.45) is 5.41 Å². The lowest BCUT2D eigenvalue weighted by Gasteiger charge is -2.37. The highest BCUT2D eigenvalue weighted by Crippen LogP contribution is 2.22. The molecule has 7 heteroatoms. The van der Waals surface area contributed by atoms with Gasteiger partial charge in [-0.3, -0.25) is 14.7 Å². The number of nitrogens with zero attached hydrogens (tertiary/aromatic N) is 3. The molecule has 3 rings (SSSR count). The second kappa shape index (κ2) is 7.11. The molecule has 0 atom stereocenters. The van der Waals surface area contributed by atoms with Gasteiger partial charge in [0.15, 0.2) is 0 Å². The Morgan fingerprint density at radius 3 is 2.19 bits per heavy atom. The van der Waals surface area contributed by atoms with Gasteiger partial charge in [0, 0.05) is 42.2 Å². The molecule has 0 radical (unpaired) electrons. The molecule has 1 N–H and O–H groups in total. The third-order valence-electron chi connectivity index (χ3n) is 4.44. The van der Waals surface area contributed by atoms with Crippen molar-refractivity contribution in [1.29, 1.82) is 0 Å². The number of halogens is 1. The summed E-state index contributed by atoms with van der Waals surface area (Å²) in [6.07, 6.45) is 0. The van der Waals surface area contributed by atoms with Gasteiger partial charge in [-0.2, -0.15) is 5.10 Å². The van der Waals surface area contributed by atoms with Crippen LogP contribution in [0.5, 0.6) is 0 Å². The van der Waals surface area contributed by atoms with Gasteiger partial charge in [-0.1, -0.05) is 44.5 Å². The number of H-pyrrole nitrogens is 1. The van der Waals surface area contributed by atoms with Gasteiger partial charge in [0.1, 0.15) is 5.69 Å². The fourth-order valence-electron chi connectivity index (χ4n) is 2.96. The number of hydrogen-bond donors (Lipinski definition) is 1. The summed E-state index contributed by atoms with van der Waals surface area (Å²) in [6, 6.07) is 9.06. The molecule has 0 spiro atoms. The minimum absolute atomic E-state index is 0.0967. The SMILES string of the molecule is CC(C)(C)C(=O)N1CCN(C(=O)c2cc(-c3ccc(Cl)cc3)n[nH]2)CC1. The van der Waals surface area contributed by atoms with Crippen LogP contribution in [0.1, 0.15) is 31.3 Å². The average molecular weight is 375 g/mol. The van der Waals surface area contributed by atoms with Gasteiger partial charge in [0.05, 0.1) is 5.69 Å². The molecule has 26 heavy (non-hydrogen) atoms. The monoisotopic (exact) mass is 374 g/mol. The van der Waals surface area contributed by atoms with E-state index in [4.69, 9.17) is 11.6 Å². The second-order valence-electron chi connectivity index (χ2n) is 7.51. The van der Waals surface area contributed by atoms with Crippen LogP contribution in [-0.2, 0) is 4.79 Å². The van der Waals surface area contributed by atoms with Crippen molar-refractivity contribution in [2.45, 2.75) is 20.8 Å². The van der Waals surface area contributed by atoms with Crippen LogP contribution in [0, 0.1) is 5.41 Å². The normalized spacial score (nSPS) is 15.2.